The Balaban J connectivity index is 0.000000163. The van der Waals surface area contributed by atoms with E-state index in [1.165, 1.54) is 27.9 Å². The minimum Gasteiger partial charge on any atom is -0.392 e. The van der Waals surface area contributed by atoms with E-state index in [1.807, 2.05) is 34.1 Å². The van der Waals surface area contributed by atoms with Crippen LogP contribution in [0.15, 0.2) is 103 Å². The molecule has 2 amide bonds. The molecule has 5 aliphatic rings. The second kappa shape index (κ2) is 20.1. The molecule has 2 unspecified atom stereocenters. The molecule has 4 aromatic carbocycles. The van der Waals surface area contributed by atoms with Gasteiger partial charge in [0.25, 0.3) is 0 Å². The van der Waals surface area contributed by atoms with Gasteiger partial charge >= 0.3 is 6.03 Å². The van der Waals surface area contributed by atoms with E-state index in [-0.39, 0.29) is 43.1 Å². The summed E-state index contributed by atoms with van der Waals surface area (Å²) in [5, 5.41) is 9.78. The number of piperidine rings is 2. The molecule has 2 aromatic heterocycles. The fraction of sp³-hybridized carbons (Fsp3) is 0.446. The number of ether oxygens (including phenoxy) is 2. The molecule has 5 aliphatic heterocycles. The number of amides is 2. The first kappa shape index (κ1) is 46.1. The zero-order valence-electron chi connectivity index (χ0n) is 40.6. The summed E-state index contributed by atoms with van der Waals surface area (Å²) in [6.45, 7) is 13.9. The highest BCUT2D eigenvalue weighted by Gasteiger charge is 2.35. The number of benzene rings is 4. The number of likely N-dealkylation sites (tertiary alicyclic amines) is 2. The summed E-state index contributed by atoms with van der Waals surface area (Å²) in [6, 6.07) is 33.9. The zero-order valence-corrected chi connectivity index (χ0v) is 40.6. The van der Waals surface area contributed by atoms with E-state index >= 15 is 0 Å². The van der Waals surface area contributed by atoms with E-state index in [2.05, 4.69) is 133 Å². The Morgan fingerprint density at radius 2 is 1.24 bits per heavy atom. The van der Waals surface area contributed by atoms with Gasteiger partial charge in [0.05, 0.1) is 30.2 Å². The molecule has 0 saturated carbocycles. The van der Waals surface area contributed by atoms with Gasteiger partial charge in [0.1, 0.15) is 23.9 Å². The van der Waals surface area contributed by atoms with Crippen LogP contribution in [0.4, 0.5) is 10.5 Å². The normalized spacial score (nSPS) is 20.3. The van der Waals surface area contributed by atoms with Gasteiger partial charge in [0, 0.05) is 87.1 Å². The van der Waals surface area contributed by atoms with Crippen molar-refractivity contribution in [3.8, 4) is 22.5 Å². The number of imidazole rings is 2. The SMILES string of the molecule is CN1CCC(OC2c3ccccc3CCn3cc(-c4ccccc4CO)nc32)CC1.Cc1c(-c2ccc(N3CCN(C(C)C)C3=O)cc2)nc2n1CCc1ccccc1C2OC1CCN(C)CC1. The van der Waals surface area contributed by atoms with Crippen LogP contribution >= 0.6 is 0 Å². The fourth-order valence-electron chi connectivity index (χ4n) is 10.9. The molecule has 356 valence electrons. The number of hydrogen-bond acceptors (Lipinski definition) is 8. The summed E-state index contributed by atoms with van der Waals surface area (Å²) in [7, 11) is 4.36. The van der Waals surface area contributed by atoms with Gasteiger partial charge in [-0.15, -0.1) is 0 Å². The van der Waals surface area contributed by atoms with E-state index in [1.54, 1.807) is 0 Å². The summed E-state index contributed by atoms with van der Waals surface area (Å²) >= 11 is 0. The number of fused-ring (bicyclic) bond motifs is 4. The molecular weight excluding hydrogens is 849 g/mol. The topological polar surface area (TPSA) is 104 Å². The number of nitrogens with zero attached hydrogens (tertiary/aromatic N) is 8. The maximum Gasteiger partial charge on any atom is 0.324 e. The van der Waals surface area contributed by atoms with Crippen molar-refractivity contribution in [2.75, 3.05) is 58.3 Å². The van der Waals surface area contributed by atoms with Gasteiger partial charge in [-0.3, -0.25) is 4.90 Å². The summed E-state index contributed by atoms with van der Waals surface area (Å²) in [5.41, 5.74) is 12.2. The molecule has 3 saturated heterocycles. The van der Waals surface area contributed by atoms with Crippen LogP contribution in [0.25, 0.3) is 22.5 Å². The Kier molecular flexibility index (Phi) is 13.7. The predicted octanol–water partition coefficient (Wildman–Crippen LogP) is 9.06. The highest BCUT2D eigenvalue weighted by molar-refractivity contribution is 5.94. The lowest BCUT2D eigenvalue weighted by Gasteiger charge is -2.32. The Morgan fingerprint density at radius 3 is 1.84 bits per heavy atom. The minimum atomic E-state index is -0.168. The van der Waals surface area contributed by atoms with Gasteiger partial charge in [-0.1, -0.05) is 84.9 Å². The molecule has 0 radical (unpaired) electrons. The van der Waals surface area contributed by atoms with Gasteiger partial charge in [-0.2, -0.15) is 0 Å². The fourth-order valence-corrected chi connectivity index (χ4v) is 10.9. The highest BCUT2D eigenvalue weighted by Crippen LogP contribution is 2.39. The van der Waals surface area contributed by atoms with Gasteiger partial charge in [-0.05, 0) is 113 Å². The van der Waals surface area contributed by atoms with Crippen LogP contribution in [-0.2, 0) is 42.0 Å². The van der Waals surface area contributed by atoms with Crippen molar-refractivity contribution < 1.29 is 19.4 Å². The lowest BCUT2D eigenvalue weighted by molar-refractivity contribution is -0.0276. The second-order valence-electron chi connectivity index (χ2n) is 19.8. The first-order valence-electron chi connectivity index (χ1n) is 25.0. The average molecular weight is 917 g/mol. The number of aromatic nitrogens is 4. The van der Waals surface area contributed by atoms with Crippen LogP contribution in [0.1, 0.15) is 96.9 Å². The maximum atomic E-state index is 12.9. The molecule has 0 aliphatic carbocycles. The van der Waals surface area contributed by atoms with Crippen molar-refractivity contribution in [2.45, 2.75) is 109 Å². The molecule has 11 rings (SSSR count). The molecule has 68 heavy (non-hydrogen) atoms. The van der Waals surface area contributed by atoms with Crippen molar-refractivity contribution >= 4 is 11.7 Å². The van der Waals surface area contributed by atoms with E-state index < -0.39 is 0 Å². The average Bonchev–Trinajstić information content (AvgIpc) is 4.01. The van der Waals surface area contributed by atoms with Gasteiger partial charge in [0.2, 0.25) is 0 Å². The largest absolute Gasteiger partial charge is 0.392 e. The Bertz CT molecular complexity index is 2690. The molecule has 3 fully saturated rings. The Hall–Kier alpha value is -5.63. The van der Waals surface area contributed by atoms with E-state index in [0.717, 1.165) is 136 Å². The summed E-state index contributed by atoms with van der Waals surface area (Å²) in [6.07, 6.45) is 8.41. The van der Waals surface area contributed by atoms with Crippen molar-refractivity contribution in [2.24, 2.45) is 0 Å². The van der Waals surface area contributed by atoms with E-state index in [0.29, 0.717) is 0 Å². The highest BCUT2D eigenvalue weighted by atomic mass is 16.5. The van der Waals surface area contributed by atoms with Gasteiger partial charge in [0.15, 0.2) is 0 Å². The summed E-state index contributed by atoms with van der Waals surface area (Å²) in [5.74, 6) is 1.98. The number of hydrogen-bond donors (Lipinski definition) is 1. The molecule has 12 nitrogen and oxygen atoms in total. The number of aryl methyl sites for hydroxylation is 3. The van der Waals surface area contributed by atoms with Crippen molar-refractivity contribution in [3.63, 3.8) is 0 Å². The summed E-state index contributed by atoms with van der Waals surface area (Å²) < 4.78 is 18.3. The Labute approximate surface area is 402 Å². The van der Waals surface area contributed by atoms with Crippen LogP contribution < -0.4 is 4.90 Å². The van der Waals surface area contributed by atoms with Gasteiger partial charge in [-0.25, -0.2) is 14.8 Å². The van der Waals surface area contributed by atoms with Crippen LogP contribution in [0.2, 0.25) is 0 Å². The lowest BCUT2D eigenvalue weighted by Crippen LogP contribution is -2.36. The monoisotopic (exact) mass is 917 g/mol. The molecule has 0 spiro atoms. The van der Waals surface area contributed by atoms with Crippen LogP contribution in [-0.4, -0.2) is 117 Å². The van der Waals surface area contributed by atoms with E-state index in [9.17, 15) is 9.90 Å². The van der Waals surface area contributed by atoms with Crippen molar-refractivity contribution in [1.82, 2.24) is 33.8 Å². The van der Waals surface area contributed by atoms with Crippen LogP contribution in [0, 0.1) is 6.92 Å². The van der Waals surface area contributed by atoms with Crippen molar-refractivity contribution in [1.29, 1.82) is 0 Å². The number of urea groups is 1. The molecule has 0 bridgehead atoms. The second-order valence-corrected chi connectivity index (χ2v) is 19.8. The van der Waals surface area contributed by atoms with Crippen LogP contribution in [0.5, 0.6) is 0 Å². The molecule has 2 atom stereocenters. The first-order valence-corrected chi connectivity index (χ1v) is 25.0. The standard InChI is InChI=1S/C31H39N5O2.C25H29N3O2/c1-21(2)34-19-20-36(31(34)37)25-11-9-24(10-12-25)28-22(3)35-18-13-23-7-5-6-8-27(23)29(30(35)32-28)38-26-14-16-33(4)17-15-26;1-27-13-11-20(12-14-27)30-24-22-9-5-2-6-18(22)10-15-28-16-23(26-25(24)28)21-8-4-3-7-19(21)17-29/h5-12,21,26,29H,13-20H2,1-4H3;2-9,16,20,24,29H,10-15,17H2,1H3. The van der Waals surface area contributed by atoms with E-state index in [4.69, 9.17) is 19.4 Å². The summed E-state index contributed by atoms with van der Waals surface area (Å²) in [4.78, 5) is 31.7. The molecule has 6 aromatic rings. The molecule has 1 N–H and O–H groups in total. The Morgan fingerprint density at radius 1 is 0.662 bits per heavy atom. The third kappa shape index (κ3) is 9.41. The number of carbonyl (C=O) groups is 1. The number of aliphatic hydroxyl groups is 1. The number of carbonyl (C=O) groups excluding carboxylic acids is 1. The smallest absolute Gasteiger partial charge is 0.324 e. The molecule has 12 heteroatoms. The maximum absolute atomic E-state index is 12.9. The quantitative estimate of drug-likeness (QED) is 0.153. The first-order chi connectivity index (χ1) is 33.1. The third-order valence-electron chi connectivity index (χ3n) is 15.0. The number of rotatable bonds is 9. The predicted molar refractivity (Wildman–Crippen MR) is 268 cm³/mol. The number of aliphatic hydroxyl groups excluding tert-OH is 1. The third-order valence-corrected chi connectivity index (χ3v) is 15.0. The van der Waals surface area contributed by atoms with Crippen LogP contribution in [0.3, 0.4) is 0 Å². The molecule has 7 heterocycles. The number of anilines is 1. The zero-order chi connectivity index (χ0) is 46.9. The molecular formula is C56H68N8O4. The van der Waals surface area contributed by atoms with Crippen molar-refractivity contribution in [3.05, 3.63) is 148 Å². The lowest BCUT2D eigenvalue weighted by atomic mass is 9.99. The van der Waals surface area contributed by atoms with Gasteiger partial charge < -0.3 is 38.4 Å². The minimum absolute atomic E-state index is 0.0106.